The largest absolute Gasteiger partial charge is 0.493 e. The zero-order chi connectivity index (χ0) is 14.8. The first-order valence-corrected chi connectivity index (χ1v) is 7.64. The standard InChI is InChI=1S/C14H17N5OS/c1-9(2)10-4-3-5-11(8-10)20-7-6-12-16-17-14-19(12)18-13(15)21-14/h3-5,8-9H,6-7H2,1-2H3,(H2,15,18). The van der Waals surface area contributed by atoms with Crippen LogP contribution >= 0.6 is 11.3 Å². The average Bonchev–Trinajstić information content (AvgIpc) is 2.99. The highest BCUT2D eigenvalue weighted by Gasteiger charge is 2.10. The van der Waals surface area contributed by atoms with Crippen molar-refractivity contribution in [1.82, 2.24) is 19.8 Å². The Labute approximate surface area is 126 Å². The van der Waals surface area contributed by atoms with Gasteiger partial charge in [-0.15, -0.1) is 15.3 Å². The average molecular weight is 303 g/mol. The third-order valence-corrected chi connectivity index (χ3v) is 3.92. The van der Waals surface area contributed by atoms with Crippen LogP contribution in [0.1, 0.15) is 31.2 Å². The van der Waals surface area contributed by atoms with Crippen LogP contribution in [0.25, 0.3) is 4.96 Å². The second-order valence-electron chi connectivity index (χ2n) is 5.08. The predicted octanol–water partition coefficient (Wildman–Crippen LogP) is 2.51. The highest BCUT2D eigenvalue weighted by molar-refractivity contribution is 7.20. The maximum Gasteiger partial charge on any atom is 0.236 e. The SMILES string of the molecule is CC(C)c1cccc(OCCc2nnc3sc(N)nn23)c1. The highest BCUT2D eigenvalue weighted by atomic mass is 32.1. The number of hydrogen-bond acceptors (Lipinski definition) is 6. The van der Waals surface area contributed by atoms with E-state index >= 15 is 0 Å². The van der Waals surface area contributed by atoms with Crippen LogP contribution in [-0.2, 0) is 6.42 Å². The van der Waals surface area contributed by atoms with E-state index in [2.05, 4.69) is 41.3 Å². The van der Waals surface area contributed by atoms with Gasteiger partial charge in [0.25, 0.3) is 0 Å². The van der Waals surface area contributed by atoms with E-state index in [-0.39, 0.29) is 0 Å². The number of hydrogen-bond donors (Lipinski definition) is 1. The molecule has 0 aliphatic heterocycles. The number of anilines is 1. The maximum absolute atomic E-state index is 5.79. The molecule has 0 spiro atoms. The van der Waals surface area contributed by atoms with Crippen molar-refractivity contribution in [1.29, 1.82) is 0 Å². The topological polar surface area (TPSA) is 78.3 Å². The Balaban J connectivity index is 1.64. The van der Waals surface area contributed by atoms with Crippen molar-refractivity contribution < 1.29 is 4.74 Å². The second kappa shape index (κ2) is 5.69. The molecule has 0 saturated carbocycles. The summed E-state index contributed by atoms with van der Waals surface area (Å²) in [5, 5.41) is 12.8. The van der Waals surface area contributed by atoms with E-state index < -0.39 is 0 Å². The molecule has 0 aliphatic rings. The number of benzene rings is 1. The van der Waals surface area contributed by atoms with Crippen LogP contribution in [0.4, 0.5) is 5.13 Å². The highest BCUT2D eigenvalue weighted by Crippen LogP contribution is 2.20. The first kappa shape index (κ1) is 13.8. The van der Waals surface area contributed by atoms with Gasteiger partial charge in [0.15, 0.2) is 5.82 Å². The summed E-state index contributed by atoms with van der Waals surface area (Å²) in [6, 6.07) is 8.16. The Morgan fingerprint density at radius 2 is 2.19 bits per heavy atom. The first-order chi connectivity index (χ1) is 10.1. The van der Waals surface area contributed by atoms with E-state index in [1.807, 2.05) is 12.1 Å². The van der Waals surface area contributed by atoms with Crippen LogP contribution in [0.3, 0.4) is 0 Å². The molecule has 3 rings (SSSR count). The van der Waals surface area contributed by atoms with Crippen LogP contribution < -0.4 is 10.5 Å². The minimum atomic E-state index is 0.489. The third-order valence-electron chi connectivity index (χ3n) is 3.19. The molecule has 0 atom stereocenters. The van der Waals surface area contributed by atoms with Gasteiger partial charge in [0, 0.05) is 6.42 Å². The van der Waals surface area contributed by atoms with Gasteiger partial charge in [-0.25, -0.2) is 0 Å². The fourth-order valence-electron chi connectivity index (χ4n) is 2.05. The van der Waals surface area contributed by atoms with Crippen molar-refractivity contribution in [2.45, 2.75) is 26.2 Å². The fourth-order valence-corrected chi connectivity index (χ4v) is 2.68. The zero-order valence-corrected chi connectivity index (χ0v) is 12.8. The lowest BCUT2D eigenvalue weighted by Crippen LogP contribution is -2.06. The van der Waals surface area contributed by atoms with Crippen molar-refractivity contribution in [3.05, 3.63) is 35.7 Å². The number of nitrogens with two attached hydrogens (primary N) is 1. The Bertz CT molecular complexity index is 749. The molecule has 21 heavy (non-hydrogen) atoms. The summed E-state index contributed by atoms with van der Waals surface area (Å²) in [6.07, 6.45) is 0.635. The number of fused-ring (bicyclic) bond motifs is 1. The van der Waals surface area contributed by atoms with Crippen molar-refractivity contribution in [3.63, 3.8) is 0 Å². The predicted molar refractivity (Wildman–Crippen MR) is 82.8 cm³/mol. The van der Waals surface area contributed by atoms with Gasteiger partial charge in [-0.2, -0.15) is 4.52 Å². The molecule has 3 aromatic rings. The molecule has 0 unspecified atom stereocenters. The summed E-state index contributed by atoms with van der Waals surface area (Å²) in [6.45, 7) is 4.86. The Morgan fingerprint density at radius 3 is 3.00 bits per heavy atom. The summed E-state index contributed by atoms with van der Waals surface area (Å²) in [5.74, 6) is 2.13. The Morgan fingerprint density at radius 1 is 1.33 bits per heavy atom. The van der Waals surface area contributed by atoms with Crippen LogP contribution in [-0.4, -0.2) is 26.4 Å². The van der Waals surface area contributed by atoms with Crippen LogP contribution in [0.15, 0.2) is 24.3 Å². The normalized spacial score (nSPS) is 11.4. The van der Waals surface area contributed by atoms with Crippen LogP contribution in [0.5, 0.6) is 5.75 Å². The zero-order valence-electron chi connectivity index (χ0n) is 12.0. The van der Waals surface area contributed by atoms with Gasteiger partial charge in [-0.1, -0.05) is 37.3 Å². The van der Waals surface area contributed by atoms with Crippen LogP contribution in [0, 0.1) is 0 Å². The second-order valence-corrected chi connectivity index (χ2v) is 6.06. The summed E-state index contributed by atoms with van der Waals surface area (Å²) in [4.78, 5) is 0.712. The number of nitrogens with zero attached hydrogens (tertiary/aromatic N) is 4. The summed E-state index contributed by atoms with van der Waals surface area (Å²) in [7, 11) is 0. The maximum atomic E-state index is 5.79. The first-order valence-electron chi connectivity index (χ1n) is 6.83. The van der Waals surface area contributed by atoms with E-state index in [0.717, 1.165) is 11.6 Å². The van der Waals surface area contributed by atoms with E-state index in [1.54, 1.807) is 4.52 Å². The molecule has 0 aliphatic carbocycles. The fraction of sp³-hybridized carbons (Fsp3) is 0.357. The molecule has 2 N–H and O–H groups in total. The van der Waals surface area contributed by atoms with Gasteiger partial charge in [-0.3, -0.25) is 0 Å². The number of aromatic nitrogens is 4. The molecule has 110 valence electrons. The van der Waals surface area contributed by atoms with Crippen molar-refractivity contribution in [2.75, 3.05) is 12.3 Å². The third kappa shape index (κ3) is 2.97. The summed E-state index contributed by atoms with van der Waals surface area (Å²) in [5.41, 5.74) is 6.92. The molecule has 2 heterocycles. The number of rotatable bonds is 5. The molecule has 0 radical (unpaired) electrons. The molecule has 0 amide bonds. The van der Waals surface area contributed by atoms with Gasteiger partial charge < -0.3 is 10.5 Å². The number of nitrogen functional groups attached to an aromatic ring is 1. The Hall–Kier alpha value is -2.15. The lowest BCUT2D eigenvalue weighted by molar-refractivity contribution is 0.317. The van der Waals surface area contributed by atoms with E-state index in [4.69, 9.17) is 10.5 Å². The van der Waals surface area contributed by atoms with Gasteiger partial charge >= 0.3 is 0 Å². The van der Waals surface area contributed by atoms with E-state index in [0.29, 0.717) is 29.0 Å². The van der Waals surface area contributed by atoms with Gasteiger partial charge in [0.1, 0.15) is 5.75 Å². The molecule has 1 aromatic carbocycles. The summed E-state index contributed by atoms with van der Waals surface area (Å²) >= 11 is 1.32. The lowest BCUT2D eigenvalue weighted by Gasteiger charge is -2.09. The molecule has 6 nitrogen and oxygen atoms in total. The quantitative estimate of drug-likeness (QED) is 0.783. The van der Waals surface area contributed by atoms with Crippen molar-refractivity contribution in [2.24, 2.45) is 0 Å². The monoisotopic (exact) mass is 303 g/mol. The van der Waals surface area contributed by atoms with Crippen molar-refractivity contribution >= 4 is 21.4 Å². The number of ether oxygens (including phenoxy) is 1. The van der Waals surface area contributed by atoms with Crippen molar-refractivity contribution in [3.8, 4) is 5.75 Å². The van der Waals surface area contributed by atoms with Gasteiger partial charge in [0.05, 0.1) is 6.61 Å². The van der Waals surface area contributed by atoms with E-state index in [1.165, 1.54) is 16.9 Å². The minimum Gasteiger partial charge on any atom is -0.493 e. The summed E-state index contributed by atoms with van der Waals surface area (Å²) < 4.78 is 7.46. The molecular formula is C14H17N5OS. The molecule has 2 aromatic heterocycles. The van der Waals surface area contributed by atoms with Gasteiger partial charge in [-0.05, 0) is 23.6 Å². The van der Waals surface area contributed by atoms with Crippen LogP contribution in [0.2, 0.25) is 0 Å². The minimum absolute atomic E-state index is 0.489. The molecule has 0 saturated heterocycles. The smallest absolute Gasteiger partial charge is 0.236 e. The molecule has 7 heteroatoms. The molecule has 0 bridgehead atoms. The Kier molecular flexibility index (Phi) is 3.74. The van der Waals surface area contributed by atoms with Gasteiger partial charge in [0.2, 0.25) is 10.1 Å². The lowest BCUT2D eigenvalue weighted by atomic mass is 10.0. The van der Waals surface area contributed by atoms with E-state index in [9.17, 15) is 0 Å². The molecular weight excluding hydrogens is 286 g/mol. The molecule has 0 fully saturated rings.